The van der Waals surface area contributed by atoms with Crippen LogP contribution in [0.3, 0.4) is 0 Å². The lowest BCUT2D eigenvalue weighted by Crippen LogP contribution is -2.49. The van der Waals surface area contributed by atoms with Gasteiger partial charge in [0.05, 0.1) is 12.6 Å². The van der Waals surface area contributed by atoms with Gasteiger partial charge in [-0.3, -0.25) is 4.90 Å². The molecule has 0 bridgehead atoms. The number of benzene rings is 2. The Balaban J connectivity index is 1.33. The summed E-state index contributed by atoms with van der Waals surface area (Å²) in [4.78, 5) is 17.7. The largest absolute Gasteiger partial charge is 0.492 e. The number of nitrogens with zero attached hydrogens (tertiary/aromatic N) is 1. The van der Waals surface area contributed by atoms with E-state index >= 15 is 0 Å². The number of likely N-dealkylation sites (tertiary alicyclic amines) is 1. The average molecular weight is 432 g/mol. The number of ether oxygens (including phenoxy) is 2. The van der Waals surface area contributed by atoms with Crippen molar-refractivity contribution in [3.63, 3.8) is 0 Å². The van der Waals surface area contributed by atoms with Crippen molar-refractivity contribution in [2.45, 2.75) is 18.4 Å². The Morgan fingerprint density at radius 2 is 2.09 bits per heavy atom. The Morgan fingerprint density at radius 3 is 2.94 bits per heavy atom. The first-order valence-corrected chi connectivity index (χ1v) is 11.2. The third-order valence-electron chi connectivity index (χ3n) is 6.63. The molecule has 1 aromatic heterocycles. The molecule has 2 aliphatic rings. The van der Waals surface area contributed by atoms with E-state index in [1.807, 2.05) is 42.5 Å². The second-order valence-corrected chi connectivity index (χ2v) is 8.59. The molecule has 1 fully saturated rings. The number of para-hydroxylation sites is 1. The van der Waals surface area contributed by atoms with Gasteiger partial charge in [0.25, 0.3) is 0 Å². The second-order valence-electron chi connectivity index (χ2n) is 8.59. The van der Waals surface area contributed by atoms with Gasteiger partial charge in [-0.2, -0.15) is 0 Å². The van der Waals surface area contributed by atoms with Crippen LogP contribution >= 0.6 is 0 Å². The molecule has 32 heavy (non-hydrogen) atoms. The summed E-state index contributed by atoms with van der Waals surface area (Å²) >= 11 is 0. The highest BCUT2D eigenvalue weighted by molar-refractivity contribution is 5.90. The average Bonchev–Trinajstić information content (AvgIpc) is 3.41. The molecule has 1 unspecified atom stereocenters. The maximum atomic E-state index is 11.5. The maximum Gasteiger partial charge on any atom is 0.330 e. The van der Waals surface area contributed by atoms with E-state index in [0.717, 1.165) is 55.9 Å². The van der Waals surface area contributed by atoms with Gasteiger partial charge in [0.2, 0.25) is 0 Å². The number of methoxy groups -OCH3 is 1. The Kier molecular flexibility index (Phi) is 5.72. The number of aromatic nitrogens is 1. The van der Waals surface area contributed by atoms with E-state index in [1.54, 1.807) is 0 Å². The third kappa shape index (κ3) is 4.04. The molecular formula is C26H29N3O3. The number of aromatic amines is 1. The highest BCUT2D eigenvalue weighted by Gasteiger charge is 2.43. The van der Waals surface area contributed by atoms with Crippen LogP contribution in [0.5, 0.6) is 5.75 Å². The van der Waals surface area contributed by atoms with Gasteiger partial charge in [0.15, 0.2) is 0 Å². The standard InChI is InChI=1S/C26H29N3O3/c1-31-24(30)10-8-19-7-9-23-22(17-19)21-11-13-27-26(25(21)28-23)12-14-29(18-26)15-16-32-20-5-3-2-4-6-20/h2-10,17,27-28H,11-16,18H2,1H3. The molecular weight excluding hydrogens is 402 g/mol. The van der Waals surface area contributed by atoms with Crippen LogP contribution in [-0.2, 0) is 21.5 Å². The second kappa shape index (κ2) is 8.81. The minimum Gasteiger partial charge on any atom is -0.492 e. The van der Waals surface area contributed by atoms with E-state index < -0.39 is 0 Å². The lowest BCUT2D eigenvalue weighted by atomic mass is 9.86. The molecule has 6 nitrogen and oxygen atoms in total. The van der Waals surface area contributed by atoms with Gasteiger partial charge in [-0.05, 0) is 54.3 Å². The summed E-state index contributed by atoms with van der Waals surface area (Å²) in [7, 11) is 1.39. The van der Waals surface area contributed by atoms with Gasteiger partial charge in [0.1, 0.15) is 12.4 Å². The summed E-state index contributed by atoms with van der Waals surface area (Å²) in [5.74, 6) is 0.582. The molecule has 1 saturated heterocycles. The molecule has 6 heteroatoms. The van der Waals surface area contributed by atoms with Crippen LogP contribution < -0.4 is 10.1 Å². The number of nitrogens with one attached hydrogen (secondary N) is 2. The fourth-order valence-electron chi connectivity index (χ4n) is 5.02. The molecule has 5 rings (SSSR count). The molecule has 3 heterocycles. The Hall–Kier alpha value is -3.09. The Morgan fingerprint density at radius 1 is 1.22 bits per heavy atom. The summed E-state index contributed by atoms with van der Waals surface area (Å²) < 4.78 is 10.6. The molecule has 0 saturated carbocycles. The van der Waals surface area contributed by atoms with Crippen molar-refractivity contribution in [2.75, 3.05) is 39.9 Å². The molecule has 2 N–H and O–H groups in total. The first-order valence-electron chi connectivity index (χ1n) is 11.2. The smallest absolute Gasteiger partial charge is 0.330 e. The van der Waals surface area contributed by atoms with E-state index in [4.69, 9.17) is 9.47 Å². The molecule has 3 aromatic rings. The van der Waals surface area contributed by atoms with Crippen LogP contribution in [0.2, 0.25) is 0 Å². The molecule has 0 amide bonds. The van der Waals surface area contributed by atoms with Crippen LogP contribution in [0.1, 0.15) is 23.2 Å². The highest BCUT2D eigenvalue weighted by Crippen LogP contribution is 2.39. The number of carbonyl (C=O) groups excluding carboxylic acids is 1. The zero-order chi connectivity index (χ0) is 22.0. The minimum atomic E-state index is -0.341. The monoisotopic (exact) mass is 431 g/mol. The summed E-state index contributed by atoms with van der Waals surface area (Å²) in [6.45, 7) is 4.59. The lowest BCUT2D eigenvalue weighted by molar-refractivity contribution is -0.134. The van der Waals surface area contributed by atoms with Crippen LogP contribution in [0.25, 0.3) is 17.0 Å². The van der Waals surface area contributed by atoms with Gasteiger partial charge in [-0.1, -0.05) is 24.3 Å². The van der Waals surface area contributed by atoms with Crippen LogP contribution in [0, 0.1) is 0 Å². The van der Waals surface area contributed by atoms with Gasteiger partial charge >= 0.3 is 5.97 Å². The van der Waals surface area contributed by atoms with Crippen molar-refractivity contribution in [1.82, 2.24) is 15.2 Å². The molecule has 0 aliphatic carbocycles. The van der Waals surface area contributed by atoms with Gasteiger partial charge in [0, 0.05) is 48.9 Å². The predicted molar refractivity (Wildman–Crippen MR) is 126 cm³/mol. The zero-order valence-electron chi connectivity index (χ0n) is 18.4. The van der Waals surface area contributed by atoms with E-state index in [9.17, 15) is 4.79 Å². The fourth-order valence-corrected chi connectivity index (χ4v) is 5.02. The van der Waals surface area contributed by atoms with Crippen molar-refractivity contribution in [1.29, 1.82) is 0 Å². The van der Waals surface area contributed by atoms with Gasteiger partial charge in [-0.25, -0.2) is 4.79 Å². The van der Waals surface area contributed by atoms with Crippen LogP contribution in [-0.4, -0.2) is 55.7 Å². The van der Waals surface area contributed by atoms with Gasteiger partial charge in [-0.15, -0.1) is 0 Å². The first-order chi connectivity index (χ1) is 15.7. The topological polar surface area (TPSA) is 66.6 Å². The summed E-state index contributed by atoms with van der Waals surface area (Å²) in [5.41, 5.74) is 4.83. The lowest BCUT2D eigenvalue weighted by Gasteiger charge is -2.35. The number of fused-ring (bicyclic) bond motifs is 4. The fraction of sp³-hybridized carbons (Fsp3) is 0.346. The van der Waals surface area contributed by atoms with E-state index in [-0.39, 0.29) is 11.5 Å². The van der Waals surface area contributed by atoms with Crippen LogP contribution in [0.4, 0.5) is 0 Å². The van der Waals surface area contributed by atoms with Crippen LogP contribution in [0.15, 0.2) is 54.6 Å². The van der Waals surface area contributed by atoms with Crippen molar-refractivity contribution >= 4 is 22.9 Å². The van der Waals surface area contributed by atoms with E-state index in [2.05, 4.69) is 27.3 Å². The summed E-state index contributed by atoms with van der Waals surface area (Å²) in [6, 6.07) is 16.3. The molecule has 166 valence electrons. The first kappa shape index (κ1) is 20.8. The third-order valence-corrected chi connectivity index (χ3v) is 6.63. The minimum absolute atomic E-state index is 0.0403. The van der Waals surface area contributed by atoms with E-state index in [0.29, 0.717) is 6.61 Å². The van der Waals surface area contributed by atoms with Crippen molar-refractivity contribution in [3.05, 3.63) is 71.4 Å². The van der Waals surface area contributed by atoms with Gasteiger partial charge < -0.3 is 19.8 Å². The molecule has 2 aromatic carbocycles. The predicted octanol–water partition coefficient (Wildman–Crippen LogP) is 3.48. The Bertz CT molecular complexity index is 1140. The number of esters is 1. The molecule has 0 radical (unpaired) electrons. The number of H-pyrrole nitrogens is 1. The van der Waals surface area contributed by atoms with E-state index in [1.165, 1.54) is 29.8 Å². The summed E-state index contributed by atoms with van der Waals surface area (Å²) in [6.07, 6.45) is 5.35. The Labute approximate surface area is 188 Å². The number of rotatable bonds is 6. The summed E-state index contributed by atoms with van der Waals surface area (Å²) in [5, 5.41) is 5.07. The highest BCUT2D eigenvalue weighted by atomic mass is 16.5. The van der Waals surface area contributed by atoms with Crippen molar-refractivity contribution in [2.24, 2.45) is 0 Å². The molecule has 2 aliphatic heterocycles. The van der Waals surface area contributed by atoms with Crippen molar-refractivity contribution < 1.29 is 14.3 Å². The molecule has 1 atom stereocenters. The normalized spacial score (nSPS) is 20.8. The maximum absolute atomic E-state index is 11.5. The number of hydrogen-bond acceptors (Lipinski definition) is 5. The molecule has 1 spiro atoms. The quantitative estimate of drug-likeness (QED) is 0.462. The zero-order valence-corrected chi connectivity index (χ0v) is 18.4. The van der Waals surface area contributed by atoms with Crippen molar-refractivity contribution in [3.8, 4) is 5.75 Å². The number of hydrogen-bond donors (Lipinski definition) is 2. The number of carbonyl (C=O) groups is 1. The SMILES string of the molecule is COC(=O)C=Cc1ccc2[nH]c3c(c2c1)CCNC31CCN(CCOc2ccccc2)C1.